The Bertz CT molecular complexity index is 528. The molecule has 1 aliphatic rings. The summed E-state index contributed by atoms with van der Waals surface area (Å²) < 4.78 is 4.94. The zero-order chi connectivity index (χ0) is 15.5. The third-order valence-corrected chi connectivity index (χ3v) is 3.67. The number of pyridine rings is 1. The van der Waals surface area contributed by atoms with Gasteiger partial charge < -0.3 is 20.5 Å². The van der Waals surface area contributed by atoms with Gasteiger partial charge in [0.05, 0.1) is 7.11 Å². The molecule has 1 saturated carbocycles. The van der Waals surface area contributed by atoms with Crippen molar-refractivity contribution >= 4 is 12.0 Å². The summed E-state index contributed by atoms with van der Waals surface area (Å²) in [6.07, 6.45) is 3.24. The van der Waals surface area contributed by atoms with Crippen LogP contribution in [0.15, 0.2) is 18.3 Å². The molecule has 1 atom stereocenters. The minimum atomic E-state index is -1.21. The first-order valence-corrected chi connectivity index (χ1v) is 6.74. The molecule has 0 aromatic carbocycles. The number of hydrogen-bond acceptors (Lipinski definition) is 4. The number of hydrogen-bond donors (Lipinski definition) is 3. The number of aromatic nitrogens is 1. The average Bonchev–Trinajstić information content (AvgIpc) is 3.30. The standard InChI is InChI=1S/C14H19N3O4/c1-14(12(18)19,10-4-5-10)17-13(20)16-8-9-3-6-11(21-2)15-7-9/h3,6-7,10H,4-5,8H2,1-2H3,(H,18,19)(H2,16,17,20). The molecule has 0 saturated heterocycles. The molecular weight excluding hydrogens is 274 g/mol. The first-order chi connectivity index (χ1) is 9.95. The lowest BCUT2D eigenvalue weighted by Gasteiger charge is -2.26. The van der Waals surface area contributed by atoms with Crippen molar-refractivity contribution in [3.8, 4) is 5.88 Å². The highest BCUT2D eigenvalue weighted by molar-refractivity contribution is 5.86. The van der Waals surface area contributed by atoms with Gasteiger partial charge >= 0.3 is 12.0 Å². The second-order valence-corrected chi connectivity index (χ2v) is 5.30. The van der Waals surface area contributed by atoms with Crippen molar-refractivity contribution in [2.24, 2.45) is 5.92 Å². The van der Waals surface area contributed by atoms with Gasteiger partial charge in [-0.2, -0.15) is 0 Å². The maximum atomic E-state index is 11.9. The quantitative estimate of drug-likeness (QED) is 0.730. The number of rotatable bonds is 6. The summed E-state index contributed by atoms with van der Waals surface area (Å²) in [5, 5.41) is 14.5. The molecule has 7 heteroatoms. The number of ether oxygens (including phenoxy) is 1. The number of carbonyl (C=O) groups is 2. The van der Waals surface area contributed by atoms with Gasteiger partial charge in [0.2, 0.25) is 5.88 Å². The molecule has 1 fully saturated rings. The molecule has 2 amide bonds. The minimum absolute atomic E-state index is 0.00315. The number of amides is 2. The highest BCUT2D eigenvalue weighted by Gasteiger charge is 2.48. The molecule has 21 heavy (non-hydrogen) atoms. The van der Waals surface area contributed by atoms with E-state index in [9.17, 15) is 14.7 Å². The predicted octanol–water partition coefficient (Wildman–Crippen LogP) is 1.14. The van der Waals surface area contributed by atoms with Gasteiger partial charge in [-0.25, -0.2) is 14.6 Å². The van der Waals surface area contributed by atoms with E-state index in [4.69, 9.17) is 4.74 Å². The summed E-state index contributed by atoms with van der Waals surface area (Å²) in [6, 6.07) is 2.98. The molecule has 3 N–H and O–H groups in total. The minimum Gasteiger partial charge on any atom is -0.481 e. The van der Waals surface area contributed by atoms with Crippen LogP contribution in [0.3, 0.4) is 0 Å². The molecule has 0 radical (unpaired) electrons. The highest BCUT2D eigenvalue weighted by Crippen LogP contribution is 2.39. The van der Waals surface area contributed by atoms with E-state index >= 15 is 0 Å². The third kappa shape index (κ3) is 3.62. The fourth-order valence-electron chi connectivity index (χ4n) is 2.09. The Kier molecular flexibility index (Phi) is 4.30. The Morgan fingerprint density at radius 2 is 2.19 bits per heavy atom. The molecule has 0 aliphatic heterocycles. The number of carboxylic acids is 1. The van der Waals surface area contributed by atoms with Crippen LogP contribution in [0.4, 0.5) is 4.79 Å². The van der Waals surface area contributed by atoms with Crippen LogP contribution in [-0.4, -0.2) is 34.7 Å². The number of urea groups is 1. The van der Waals surface area contributed by atoms with E-state index in [0.717, 1.165) is 18.4 Å². The fourth-order valence-corrected chi connectivity index (χ4v) is 2.09. The van der Waals surface area contributed by atoms with E-state index in [-0.39, 0.29) is 12.5 Å². The average molecular weight is 293 g/mol. The Morgan fingerprint density at radius 3 is 2.67 bits per heavy atom. The van der Waals surface area contributed by atoms with Gasteiger partial charge in [0, 0.05) is 18.8 Å². The van der Waals surface area contributed by atoms with Crippen LogP contribution in [0.2, 0.25) is 0 Å². The summed E-state index contributed by atoms with van der Waals surface area (Å²) in [5.74, 6) is -0.509. The van der Waals surface area contributed by atoms with Crippen molar-refractivity contribution in [2.75, 3.05) is 7.11 Å². The molecule has 0 bridgehead atoms. The number of nitrogens with one attached hydrogen (secondary N) is 2. The Labute approximate surface area is 122 Å². The first kappa shape index (κ1) is 15.1. The van der Waals surface area contributed by atoms with Gasteiger partial charge in [-0.05, 0) is 31.2 Å². The van der Waals surface area contributed by atoms with Crippen LogP contribution >= 0.6 is 0 Å². The van der Waals surface area contributed by atoms with Crippen molar-refractivity contribution in [3.05, 3.63) is 23.9 Å². The van der Waals surface area contributed by atoms with Gasteiger partial charge in [-0.1, -0.05) is 6.07 Å². The van der Waals surface area contributed by atoms with E-state index in [1.165, 1.54) is 7.11 Å². The summed E-state index contributed by atoms with van der Waals surface area (Å²) >= 11 is 0. The maximum absolute atomic E-state index is 11.9. The lowest BCUT2D eigenvalue weighted by atomic mass is 9.96. The largest absolute Gasteiger partial charge is 0.481 e. The van der Waals surface area contributed by atoms with E-state index < -0.39 is 17.5 Å². The number of carboxylic acid groups (broad SMARTS) is 1. The summed E-state index contributed by atoms with van der Waals surface area (Å²) in [7, 11) is 1.53. The number of methoxy groups -OCH3 is 1. The Balaban J connectivity index is 1.87. The van der Waals surface area contributed by atoms with Crippen LogP contribution in [0, 0.1) is 5.92 Å². The lowest BCUT2D eigenvalue weighted by Crippen LogP contribution is -2.56. The molecule has 2 rings (SSSR count). The van der Waals surface area contributed by atoms with E-state index in [0.29, 0.717) is 5.88 Å². The van der Waals surface area contributed by atoms with Gasteiger partial charge in [0.1, 0.15) is 5.54 Å². The van der Waals surface area contributed by atoms with E-state index in [1.807, 2.05) is 0 Å². The number of carbonyl (C=O) groups excluding carboxylic acids is 1. The second-order valence-electron chi connectivity index (χ2n) is 5.30. The number of nitrogens with zero attached hydrogens (tertiary/aromatic N) is 1. The van der Waals surface area contributed by atoms with Crippen LogP contribution in [0.5, 0.6) is 5.88 Å². The van der Waals surface area contributed by atoms with E-state index in [1.54, 1.807) is 25.3 Å². The molecular formula is C14H19N3O4. The Hall–Kier alpha value is -2.31. The SMILES string of the molecule is COc1ccc(CNC(=O)NC(C)(C(=O)O)C2CC2)cn1. The zero-order valence-electron chi connectivity index (χ0n) is 12.0. The molecule has 7 nitrogen and oxygen atoms in total. The molecule has 1 aromatic rings. The maximum Gasteiger partial charge on any atom is 0.329 e. The smallest absolute Gasteiger partial charge is 0.329 e. The number of aliphatic carboxylic acids is 1. The molecule has 1 aliphatic carbocycles. The summed E-state index contributed by atoms with van der Waals surface area (Å²) in [6.45, 7) is 1.81. The van der Waals surface area contributed by atoms with Crippen molar-refractivity contribution in [3.63, 3.8) is 0 Å². The van der Waals surface area contributed by atoms with Crippen molar-refractivity contribution in [1.82, 2.24) is 15.6 Å². The normalized spacial score (nSPS) is 16.7. The first-order valence-electron chi connectivity index (χ1n) is 6.74. The van der Waals surface area contributed by atoms with E-state index in [2.05, 4.69) is 15.6 Å². The highest BCUT2D eigenvalue weighted by atomic mass is 16.5. The Morgan fingerprint density at radius 1 is 1.48 bits per heavy atom. The molecule has 0 spiro atoms. The molecule has 1 heterocycles. The lowest BCUT2D eigenvalue weighted by molar-refractivity contribution is -0.144. The monoisotopic (exact) mass is 293 g/mol. The van der Waals surface area contributed by atoms with Crippen molar-refractivity contribution < 1.29 is 19.4 Å². The van der Waals surface area contributed by atoms with Gasteiger partial charge in [0.25, 0.3) is 0 Å². The van der Waals surface area contributed by atoms with Crippen LogP contribution < -0.4 is 15.4 Å². The topological polar surface area (TPSA) is 101 Å². The van der Waals surface area contributed by atoms with Crippen molar-refractivity contribution in [2.45, 2.75) is 31.8 Å². The van der Waals surface area contributed by atoms with Crippen molar-refractivity contribution in [1.29, 1.82) is 0 Å². The summed E-state index contributed by atoms with van der Waals surface area (Å²) in [5.41, 5.74) is -0.406. The van der Waals surface area contributed by atoms with Gasteiger partial charge in [0.15, 0.2) is 0 Å². The van der Waals surface area contributed by atoms with Crippen LogP contribution in [0.1, 0.15) is 25.3 Å². The molecule has 114 valence electrons. The summed E-state index contributed by atoms with van der Waals surface area (Å²) in [4.78, 5) is 27.2. The van der Waals surface area contributed by atoms with Gasteiger partial charge in [-0.15, -0.1) is 0 Å². The van der Waals surface area contributed by atoms with Gasteiger partial charge in [-0.3, -0.25) is 0 Å². The zero-order valence-corrected chi connectivity index (χ0v) is 12.0. The second kappa shape index (κ2) is 5.99. The molecule has 1 aromatic heterocycles. The van der Waals surface area contributed by atoms with Crippen LogP contribution in [-0.2, 0) is 11.3 Å². The molecule has 1 unspecified atom stereocenters. The fraction of sp³-hybridized carbons (Fsp3) is 0.500. The third-order valence-electron chi connectivity index (χ3n) is 3.67. The predicted molar refractivity (Wildman–Crippen MR) is 74.9 cm³/mol. The van der Waals surface area contributed by atoms with Crippen LogP contribution in [0.25, 0.3) is 0 Å².